The van der Waals surface area contributed by atoms with Gasteiger partial charge in [0.1, 0.15) is 5.76 Å². The van der Waals surface area contributed by atoms with Crippen molar-refractivity contribution in [1.82, 2.24) is 30.1 Å². The molecule has 0 fully saturated rings. The second-order valence-corrected chi connectivity index (χ2v) is 9.05. The average molecular weight is 421 g/mol. The van der Waals surface area contributed by atoms with Crippen LogP contribution in [0.5, 0.6) is 0 Å². The highest BCUT2D eigenvalue weighted by Crippen LogP contribution is 2.20. The van der Waals surface area contributed by atoms with Crippen LogP contribution in [0.25, 0.3) is 10.9 Å². The Kier molecular flexibility index (Phi) is 5.49. The van der Waals surface area contributed by atoms with Gasteiger partial charge in [-0.15, -0.1) is 5.10 Å². The Morgan fingerprint density at radius 1 is 1.10 bits per heavy atom. The zero-order valence-electron chi connectivity index (χ0n) is 18.6. The van der Waals surface area contributed by atoms with E-state index in [0.717, 1.165) is 28.1 Å². The molecular formula is C23H28N6O2. The number of nitrogens with one attached hydrogen (secondary N) is 1. The highest BCUT2D eigenvalue weighted by molar-refractivity contribution is 5.80. The fourth-order valence-corrected chi connectivity index (χ4v) is 3.70. The Hall–Kier alpha value is -3.26. The van der Waals surface area contributed by atoms with E-state index < -0.39 is 0 Å². The first-order chi connectivity index (χ1) is 14.7. The minimum absolute atomic E-state index is 0.0874. The number of nitrogens with zero attached hydrogens (tertiary/aromatic N) is 5. The van der Waals surface area contributed by atoms with Crippen LogP contribution in [0.2, 0.25) is 0 Å². The maximum Gasteiger partial charge on any atom is 0.252 e. The molecule has 3 aromatic heterocycles. The Morgan fingerprint density at radius 2 is 1.87 bits per heavy atom. The topological polar surface area (TPSA) is 92.8 Å². The zero-order valence-corrected chi connectivity index (χ0v) is 18.6. The monoisotopic (exact) mass is 420 g/mol. The highest BCUT2D eigenvalue weighted by atomic mass is 16.3. The maximum absolute atomic E-state index is 12.8. The average Bonchev–Trinajstić information content (AvgIpc) is 3.35. The molecule has 8 nitrogen and oxygen atoms in total. The van der Waals surface area contributed by atoms with Gasteiger partial charge in [-0.25, -0.2) is 4.68 Å². The molecule has 1 aromatic carbocycles. The standard InChI is InChI=1S/C23H28N6O2/c1-15-9-17-11-18(22(30)24-20(17)10-16(15)2)12-28(13-19-7-6-8-31-19)14-21-25-26-27-29(21)23(3,4)5/h6-11H,12-14H2,1-5H3,(H,24,30). The van der Waals surface area contributed by atoms with Crippen molar-refractivity contribution in [3.63, 3.8) is 0 Å². The van der Waals surface area contributed by atoms with Gasteiger partial charge < -0.3 is 9.40 Å². The molecule has 0 atom stereocenters. The van der Waals surface area contributed by atoms with Gasteiger partial charge in [0.25, 0.3) is 5.56 Å². The van der Waals surface area contributed by atoms with Crippen LogP contribution in [0, 0.1) is 13.8 Å². The fourth-order valence-electron chi connectivity index (χ4n) is 3.70. The van der Waals surface area contributed by atoms with Crippen LogP contribution in [-0.4, -0.2) is 30.1 Å². The number of aromatic nitrogens is 5. The van der Waals surface area contributed by atoms with Crippen LogP contribution >= 0.6 is 0 Å². The molecule has 0 aliphatic rings. The normalized spacial score (nSPS) is 12.2. The van der Waals surface area contributed by atoms with E-state index in [1.807, 2.05) is 35.9 Å². The molecule has 3 heterocycles. The van der Waals surface area contributed by atoms with Crippen molar-refractivity contribution in [3.05, 3.63) is 75.2 Å². The summed E-state index contributed by atoms with van der Waals surface area (Å²) in [4.78, 5) is 18.0. The third-order valence-electron chi connectivity index (χ3n) is 5.42. The molecule has 0 unspecified atom stereocenters. The molecule has 0 aliphatic heterocycles. The van der Waals surface area contributed by atoms with Crippen LogP contribution in [0.4, 0.5) is 0 Å². The predicted molar refractivity (Wildman–Crippen MR) is 119 cm³/mol. The lowest BCUT2D eigenvalue weighted by Gasteiger charge is -2.24. The number of hydrogen-bond acceptors (Lipinski definition) is 6. The van der Waals surface area contributed by atoms with Gasteiger partial charge in [0.2, 0.25) is 0 Å². The Morgan fingerprint density at radius 3 is 2.58 bits per heavy atom. The first-order valence-electron chi connectivity index (χ1n) is 10.4. The quantitative estimate of drug-likeness (QED) is 0.511. The predicted octanol–water partition coefficient (Wildman–Crippen LogP) is 3.68. The lowest BCUT2D eigenvalue weighted by Crippen LogP contribution is -2.31. The first-order valence-corrected chi connectivity index (χ1v) is 10.4. The zero-order chi connectivity index (χ0) is 22.2. The second kappa shape index (κ2) is 8.11. The van der Waals surface area contributed by atoms with Crippen LogP contribution < -0.4 is 5.56 Å². The van der Waals surface area contributed by atoms with Gasteiger partial charge in [0, 0.05) is 17.6 Å². The third-order valence-corrected chi connectivity index (χ3v) is 5.42. The Balaban J connectivity index is 1.68. The molecule has 0 saturated heterocycles. The molecule has 31 heavy (non-hydrogen) atoms. The fraction of sp³-hybridized carbons (Fsp3) is 0.391. The molecule has 4 aromatic rings. The van der Waals surface area contributed by atoms with Crippen molar-refractivity contribution in [3.8, 4) is 0 Å². The van der Waals surface area contributed by atoms with E-state index >= 15 is 0 Å². The summed E-state index contributed by atoms with van der Waals surface area (Å²) in [6.07, 6.45) is 1.65. The molecule has 0 bridgehead atoms. The molecule has 0 spiro atoms. The summed E-state index contributed by atoms with van der Waals surface area (Å²) in [5.41, 5.74) is 3.57. The summed E-state index contributed by atoms with van der Waals surface area (Å²) in [7, 11) is 0. The van der Waals surface area contributed by atoms with Crippen molar-refractivity contribution in [2.75, 3.05) is 0 Å². The Bertz CT molecular complexity index is 1250. The minimum Gasteiger partial charge on any atom is -0.468 e. The molecule has 0 amide bonds. The number of tetrazole rings is 1. The summed E-state index contributed by atoms with van der Waals surface area (Å²) in [6, 6.07) is 9.90. The van der Waals surface area contributed by atoms with Crippen molar-refractivity contribution in [2.45, 2.75) is 59.8 Å². The van der Waals surface area contributed by atoms with Gasteiger partial charge in [-0.2, -0.15) is 0 Å². The molecular weight excluding hydrogens is 392 g/mol. The first kappa shape index (κ1) is 21.0. The van der Waals surface area contributed by atoms with Crippen LogP contribution in [-0.2, 0) is 25.2 Å². The summed E-state index contributed by atoms with van der Waals surface area (Å²) < 4.78 is 7.38. The van der Waals surface area contributed by atoms with Crippen molar-refractivity contribution in [1.29, 1.82) is 0 Å². The van der Waals surface area contributed by atoms with E-state index in [1.165, 1.54) is 5.56 Å². The van der Waals surface area contributed by atoms with Crippen molar-refractivity contribution < 1.29 is 4.42 Å². The minimum atomic E-state index is -0.245. The van der Waals surface area contributed by atoms with Gasteiger partial charge in [-0.3, -0.25) is 9.69 Å². The number of furan rings is 1. The van der Waals surface area contributed by atoms with Gasteiger partial charge in [0.05, 0.1) is 24.9 Å². The smallest absolute Gasteiger partial charge is 0.252 e. The third kappa shape index (κ3) is 4.59. The van der Waals surface area contributed by atoms with Crippen LogP contribution in [0.3, 0.4) is 0 Å². The van der Waals surface area contributed by atoms with Crippen LogP contribution in [0.1, 0.15) is 49.0 Å². The number of pyridine rings is 1. The number of rotatable bonds is 6. The van der Waals surface area contributed by atoms with E-state index in [9.17, 15) is 4.79 Å². The van der Waals surface area contributed by atoms with Gasteiger partial charge in [0.15, 0.2) is 5.82 Å². The molecule has 0 radical (unpaired) electrons. The van der Waals surface area contributed by atoms with E-state index in [4.69, 9.17) is 4.42 Å². The summed E-state index contributed by atoms with van der Waals surface area (Å²) in [6.45, 7) is 11.8. The molecule has 8 heteroatoms. The van der Waals surface area contributed by atoms with Gasteiger partial charge in [-0.05, 0) is 91.9 Å². The van der Waals surface area contributed by atoms with Crippen molar-refractivity contribution >= 4 is 10.9 Å². The number of benzene rings is 1. The number of H-pyrrole nitrogens is 1. The summed E-state index contributed by atoms with van der Waals surface area (Å²) in [5.74, 6) is 1.56. The van der Waals surface area contributed by atoms with Crippen LogP contribution in [0.15, 0.2) is 45.8 Å². The molecule has 4 rings (SSSR count). The summed E-state index contributed by atoms with van der Waals surface area (Å²) >= 11 is 0. The number of fused-ring (bicyclic) bond motifs is 1. The second-order valence-electron chi connectivity index (χ2n) is 9.05. The van der Waals surface area contributed by atoms with E-state index in [0.29, 0.717) is 25.2 Å². The summed E-state index contributed by atoms with van der Waals surface area (Å²) in [5, 5.41) is 13.3. The number of aryl methyl sites for hydroxylation is 2. The molecule has 0 aliphatic carbocycles. The Labute approximate surface area is 180 Å². The maximum atomic E-state index is 12.8. The largest absolute Gasteiger partial charge is 0.468 e. The van der Waals surface area contributed by atoms with E-state index in [-0.39, 0.29) is 11.1 Å². The molecule has 0 saturated carbocycles. The van der Waals surface area contributed by atoms with Crippen molar-refractivity contribution in [2.24, 2.45) is 0 Å². The van der Waals surface area contributed by atoms with E-state index in [1.54, 1.807) is 6.26 Å². The molecule has 162 valence electrons. The highest BCUT2D eigenvalue weighted by Gasteiger charge is 2.22. The van der Waals surface area contributed by atoms with Gasteiger partial charge in [-0.1, -0.05) is 0 Å². The lowest BCUT2D eigenvalue weighted by atomic mass is 10.0. The molecule has 1 N–H and O–H groups in total. The van der Waals surface area contributed by atoms with E-state index in [2.05, 4.69) is 59.2 Å². The SMILES string of the molecule is Cc1cc2cc(CN(Cc3ccco3)Cc3nnnn3C(C)(C)C)c(=O)[nH]c2cc1C. The van der Waals surface area contributed by atoms with Gasteiger partial charge >= 0.3 is 0 Å². The number of aromatic amines is 1. The lowest BCUT2D eigenvalue weighted by molar-refractivity contribution is 0.207. The number of hydrogen-bond donors (Lipinski definition) is 1.